The van der Waals surface area contributed by atoms with Crippen molar-refractivity contribution in [1.29, 1.82) is 0 Å². The average Bonchev–Trinajstić information content (AvgIpc) is 2.49. The van der Waals surface area contributed by atoms with Crippen molar-refractivity contribution < 1.29 is 13.5 Å². The summed E-state index contributed by atoms with van der Waals surface area (Å²) in [5.41, 5.74) is 2.58. The van der Waals surface area contributed by atoms with E-state index in [9.17, 15) is 8.42 Å². The van der Waals surface area contributed by atoms with E-state index >= 15 is 0 Å². The molecule has 0 saturated carbocycles. The normalized spacial score (nSPS) is 11.3. The summed E-state index contributed by atoms with van der Waals surface area (Å²) in [6.07, 6.45) is 1.44. The molecule has 4 nitrogen and oxygen atoms in total. The van der Waals surface area contributed by atoms with E-state index in [0.717, 1.165) is 17.5 Å². The van der Waals surface area contributed by atoms with E-state index in [1.165, 1.54) is 0 Å². The molecule has 2 aromatic carbocycles. The maximum absolute atomic E-state index is 12.3. The van der Waals surface area contributed by atoms with Crippen LogP contribution in [0.3, 0.4) is 0 Å². The molecule has 5 heteroatoms. The molecule has 0 aliphatic rings. The minimum Gasteiger partial charge on any atom is -0.396 e. The fourth-order valence-electron chi connectivity index (χ4n) is 1.99. The number of anilines is 1. The third-order valence-corrected chi connectivity index (χ3v) is 4.65. The third kappa shape index (κ3) is 4.06. The second kappa shape index (κ2) is 6.74. The monoisotopic (exact) mass is 305 g/mol. The van der Waals surface area contributed by atoms with Gasteiger partial charge in [0.2, 0.25) is 0 Å². The quantitative estimate of drug-likeness (QED) is 0.862. The van der Waals surface area contributed by atoms with Crippen molar-refractivity contribution >= 4 is 15.7 Å². The van der Waals surface area contributed by atoms with Gasteiger partial charge in [-0.1, -0.05) is 31.2 Å². The van der Waals surface area contributed by atoms with Crippen LogP contribution >= 0.6 is 0 Å². The van der Waals surface area contributed by atoms with Gasteiger partial charge < -0.3 is 5.11 Å². The molecule has 2 N–H and O–H groups in total. The maximum atomic E-state index is 12.3. The lowest BCUT2D eigenvalue weighted by Crippen LogP contribution is -2.12. The molecule has 21 heavy (non-hydrogen) atoms. The van der Waals surface area contributed by atoms with Gasteiger partial charge in [0.15, 0.2) is 0 Å². The van der Waals surface area contributed by atoms with Gasteiger partial charge in [-0.25, -0.2) is 8.42 Å². The van der Waals surface area contributed by atoms with Crippen LogP contribution in [-0.4, -0.2) is 20.1 Å². The van der Waals surface area contributed by atoms with Crippen molar-refractivity contribution in [3.05, 3.63) is 59.7 Å². The number of aliphatic hydroxyl groups excluding tert-OH is 1. The van der Waals surface area contributed by atoms with Crippen LogP contribution < -0.4 is 4.72 Å². The number of hydrogen-bond acceptors (Lipinski definition) is 3. The molecular formula is C16H19NO3S. The second-order valence-corrected chi connectivity index (χ2v) is 6.46. The minimum atomic E-state index is -3.56. The first-order valence-corrected chi connectivity index (χ1v) is 8.35. The van der Waals surface area contributed by atoms with E-state index in [1.54, 1.807) is 36.4 Å². The SMILES string of the molecule is CCc1ccc(S(=O)(=O)Nc2ccc(CCO)cc2)cc1. The van der Waals surface area contributed by atoms with Crippen molar-refractivity contribution in [2.75, 3.05) is 11.3 Å². The van der Waals surface area contributed by atoms with Gasteiger partial charge in [-0.2, -0.15) is 0 Å². The molecule has 0 bridgehead atoms. The molecule has 0 unspecified atom stereocenters. The van der Waals surface area contributed by atoms with E-state index in [-0.39, 0.29) is 11.5 Å². The van der Waals surface area contributed by atoms with Crippen molar-refractivity contribution in [3.63, 3.8) is 0 Å². The van der Waals surface area contributed by atoms with Gasteiger partial charge in [-0.3, -0.25) is 4.72 Å². The topological polar surface area (TPSA) is 66.4 Å². The minimum absolute atomic E-state index is 0.0782. The molecule has 0 fully saturated rings. The molecule has 2 aromatic rings. The van der Waals surface area contributed by atoms with Crippen LogP contribution in [0.15, 0.2) is 53.4 Å². The zero-order valence-electron chi connectivity index (χ0n) is 11.9. The Kier molecular flexibility index (Phi) is 4.98. The first-order valence-electron chi connectivity index (χ1n) is 6.86. The summed E-state index contributed by atoms with van der Waals surface area (Å²) in [5, 5.41) is 8.86. The van der Waals surface area contributed by atoms with Gasteiger partial charge in [-0.05, 0) is 48.2 Å². The van der Waals surface area contributed by atoms with Crippen molar-refractivity contribution in [1.82, 2.24) is 0 Å². The Morgan fingerprint density at radius 2 is 1.52 bits per heavy atom. The highest BCUT2D eigenvalue weighted by Crippen LogP contribution is 2.17. The molecule has 112 valence electrons. The zero-order valence-corrected chi connectivity index (χ0v) is 12.7. The lowest BCUT2D eigenvalue weighted by atomic mass is 10.1. The Morgan fingerprint density at radius 3 is 2.05 bits per heavy atom. The highest BCUT2D eigenvalue weighted by molar-refractivity contribution is 7.92. The van der Waals surface area contributed by atoms with E-state index in [2.05, 4.69) is 4.72 Å². The lowest BCUT2D eigenvalue weighted by molar-refractivity contribution is 0.299. The van der Waals surface area contributed by atoms with Gasteiger partial charge in [-0.15, -0.1) is 0 Å². The molecular weight excluding hydrogens is 286 g/mol. The number of hydrogen-bond donors (Lipinski definition) is 2. The van der Waals surface area contributed by atoms with Crippen molar-refractivity contribution in [2.24, 2.45) is 0 Å². The van der Waals surface area contributed by atoms with Crippen LogP contribution in [0.2, 0.25) is 0 Å². The van der Waals surface area contributed by atoms with Crippen LogP contribution in [0.5, 0.6) is 0 Å². The molecule has 0 aliphatic heterocycles. The molecule has 0 spiro atoms. The summed E-state index contributed by atoms with van der Waals surface area (Å²) < 4.78 is 27.1. The molecule has 0 aromatic heterocycles. The molecule has 0 atom stereocenters. The Labute approximate surface area is 125 Å². The summed E-state index contributed by atoms with van der Waals surface area (Å²) >= 11 is 0. The number of nitrogens with one attached hydrogen (secondary N) is 1. The van der Waals surface area contributed by atoms with E-state index in [1.807, 2.05) is 19.1 Å². The predicted molar refractivity (Wildman–Crippen MR) is 83.9 cm³/mol. The Balaban J connectivity index is 2.16. The summed E-state index contributed by atoms with van der Waals surface area (Å²) in [5.74, 6) is 0. The number of aryl methyl sites for hydroxylation is 1. The fraction of sp³-hybridized carbons (Fsp3) is 0.250. The molecule has 0 aliphatic carbocycles. The average molecular weight is 305 g/mol. The lowest BCUT2D eigenvalue weighted by Gasteiger charge is -2.09. The third-order valence-electron chi connectivity index (χ3n) is 3.25. The number of rotatable bonds is 6. The zero-order chi connectivity index (χ0) is 15.3. The van der Waals surface area contributed by atoms with Gasteiger partial charge >= 0.3 is 0 Å². The summed E-state index contributed by atoms with van der Waals surface area (Å²) in [6.45, 7) is 2.10. The smallest absolute Gasteiger partial charge is 0.261 e. The molecule has 0 radical (unpaired) electrons. The summed E-state index contributed by atoms with van der Waals surface area (Å²) in [6, 6.07) is 13.9. The highest BCUT2D eigenvalue weighted by atomic mass is 32.2. The Hall–Kier alpha value is -1.85. The molecule has 0 heterocycles. The summed E-state index contributed by atoms with van der Waals surface area (Å²) in [4.78, 5) is 0.249. The van der Waals surface area contributed by atoms with E-state index < -0.39 is 10.0 Å². The highest BCUT2D eigenvalue weighted by Gasteiger charge is 2.13. The fourth-order valence-corrected chi connectivity index (χ4v) is 3.05. The van der Waals surface area contributed by atoms with Crippen LogP contribution in [0.25, 0.3) is 0 Å². The number of aliphatic hydroxyl groups is 1. The van der Waals surface area contributed by atoms with Crippen LogP contribution in [-0.2, 0) is 22.9 Å². The first kappa shape index (κ1) is 15.5. The Bertz CT molecular complexity index is 676. The summed E-state index contributed by atoms with van der Waals surface area (Å²) in [7, 11) is -3.56. The number of sulfonamides is 1. The van der Waals surface area contributed by atoms with E-state index in [4.69, 9.17) is 5.11 Å². The molecule has 2 rings (SSSR count). The predicted octanol–water partition coefficient (Wildman–Crippen LogP) is 2.58. The maximum Gasteiger partial charge on any atom is 0.261 e. The van der Waals surface area contributed by atoms with Gasteiger partial charge in [0.05, 0.1) is 4.90 Å². The molecule has 0 amide bonds. The largest absolute Gasteiger partial charge is 0.396 e. The van der Waals surface area contributed by atoms with Gasteiger partial charge in [0.1, 0.15) is 0 Å². The first-order chi connectivity index (χ1) is 10.0. The van der Waals surface area contributed by atoms with Gasteiger partial charge in [0, 0.05) is 12.3 Å². The van der Waals surface area contributed by atoms with E-state index in [0.29, 0.717) is 12.1 Å². The van der Waals surface area contributed by atoms with Crippen molar-refractivity contribution in [3.8, 4) is 0 Å². The van der Waals surface area contributed by atoms with Crippen LogP contribution in [0, 0.1) is 0 Å². The second-order valence-electron chi connectivity index (χ2n) is 4.77. The standard InChI is InChI=1S/C16H19NO3S/c1-2-13-5-9-16(10-6-13)21(19,20)17-15-7-3-14(4-8-15)11-12-18/h3-10,17-18H,2,11-12H2,1H3. The van der Waals surface area contributed by atoms with Gasteiger partial charge in [0.25, 0.3) is 10.0 Å². The van der Waals surface area contributed by atoms with Crippen LogP contribution in [0.4, 0.5) is 5.69 Å². The van der Waals surface area contributed by atoms with Crippen LogP contribution in [0.1, 0.15) is 18.1 Å². The Morgan fingerprint density at radius 1 is 0.952 bits per heavy atom. The number of benzene rings is 2. The van der Waals surface area contributed by atoms with Crippen molar-refractivity contribution in [2.45, 2.75) is 24.7 Å². The molecule has 0 saturated heterocycles.